The van der Waals surface area contributed by atoms with Gasteiger partial charge in [0.1, 0.15) is 12.4 Å². The number of anilines is 1. The van der Waals surface area contributed by atoms with Gasteiger partial charge < -0.3 is 15.2 Å². The van der Waals surface area contributed by atoms with E-state index in [1.807, 2.05) is 59.6 Å². The number of amides is 1. The Bertz CT molecular complexity index is 1130. The number of carbonyl (C=O) groups is 1. The Morgan fingerprint density at radius 3 is 2.59 bits per heavy atom. The number of piperidine rings is 1. The van der Waals surface area contributed by atoms with Gasteiger partial charge in [0.05, 0.1) is 6.04 Å². The van der Waals surface area contributed by atoms with E-state index in [-0.39, 0.29) is 18.2 Å². The highest BCUT2D eigenvalue weighted by Crippen LogP contribution is 2.34. The third kappa shape index (κ3) is 5.11. The fraction of sp³-hybridized carbons (Fsp3) is 0.308. The Morgan fingerprint density at radius 2 is 1.88 bits per heavy atom. The minimum absolute atomic E-state index is 0.0828. The summed E-state index contributed by atoms with van der Waals surface area (Å²) in [6.07, 6.45) is 3.42. The topological polar surface area (TPSA) is 80.9 Å². The maximum Gasteiger partial charge on any atom is 0.410 e. The number of pyridine rings is 1. The SMILES string of the molecule is Nc1ccc(Oc2ccc(CN3CCC(N4C(=O)OC[C@H]4c4cccc(Cl)c4)CC3)cn2)cc1. The van der Waals surface area contributed by atoms with Gasteiger partial charge in [-0.1, -0.05) is 29.8 Å². The van der Waals surface area contributed by atoms with Crippen LogP contribution >= 0.6 is 11.6 Å². The van der Waals surface area contributed by atoms with Crippen molar-refractivity contribution in [2.75, 3.05) is 25.4 Å². The van der Waals surface area contributed by atoms with E-state index in [1.54, 1.807) is 12.1 Å². The Morgan fingerprint density at radius 1 is 1.09 bits per heavy atom. The van der Waals surface area contributed by atoms with Gasteiger partial charge in [-0.05, 0) is 60.4 Å². The van der Waals surface area contributed by atoms with E-state index in [2.05, 4.69) is 9.88 Å². The molecule has 0 spiro atoms. The summed E-state index contributed by atoms with van der Waals surface area (Å²) in [5.74, 6) is 1.25. The second-order valence-corrected chi connectivity index (χ2v) is 9.17. The molecule has 2 saturated heterocycles. The smallest absolute Gasteiger partial charge is 0.410 e. The monoisotopic (exact) mass is 478 g/mol. The van der Waals surface area contributed by atoms with Gasteiger partial charge >= 0.3 is 6.09 Å². The quantitative estimate of drug-likeness (QED) is 0.486. The fourth-order valence-electron chi connectivity index (χ4n) is 4.64. The Hall–Kier alpha value is -3.29. The number of rotatable bonds is 6. The molecule has 3 heterocycles. The van der Waals surface area contributed by atoms with Crippen LogP contribution in [0.25, 0.3) is 0 Å². The van der Waals surface area contributed by atoms with Gasteiger partial charge in [-0.2, -0.15) is 0 Å². The van der Waals surface area contributed by atoms with Crippen LogP contribution in [0.3, 0.4) is 0 Å². The second kappa shape index (κ2) is 9.91. The molecule has 2 N–H and O–H groups in total. The number of nitrogens with zero attached hydrogens (tertiary/aromatic N) is 3. The lowest BCUT2D eigenvalue weighted by molar-refractivity contribution is 0.104. The van der Waals surface area contributed by atoms with Crippen molar-refractivity contribution >= 4 is 23.4 Å². The maximum absolute atomic E-state index is 12.5. The second-order valence-electron chi connectivity index (χ2n) is 8.74. The summed E-state index contributed by atoms with van der Waals surface area (Å²) >= 11 is 6.18. The zero-order valence-corrected chi connectivity index (χ0v) is 19.5. The lowest BCUT2D eigenvalue weighted by atomic mass is 9.99. The highest BCUT2D eigenvalue weighted by Gasteiger charge is 2.40. The van der Waals surface area contributed by atoms with Gasteiger partial charge in [-0.3, -0.25) is 9.80 Å². The first-order valence-electron chi connectivity index (χ1n) is 11.5. The molecular formula is C26H27ClN4O3. The van der Waals surface area contributed by atoms with Crippen molar-refractivity contribution in [3.63, 3.8) is 0 Å². The first kappa shape index (κ1) is 22.5. The standard InChI is InChI=1S/C26H27ClN4O3/c27-20-3-1-2-19(14-20)24-17-33-26(32)31(24)22-10-12-30(13-11-22)16-18-4-9-25(29-15-18)34-23-7-5-21(28)6-8-23/h1-9,14-15,22,24H,10-13,16-17,28H2/t24-/m0/s1. The van der Waals surface area contributed by atoms with Gasteiger partial charge in [0, 0.05) is 48.6 Å². The lowest BCUT2D eigenvalue weighted by Crippen LogP contribution is -2.46. The molecule has 2 fully saturated rings. The molecule has 176 valence electrons. The average Bonchev–Trinajstić information content (AvgIpc) is 3.24. The number of nitrogens with two attached hydrogens (primary N) is 1. The predicted octanol–water partition coefficient (Wildman–Crippen LogP) is 5.27. The van der Waals surface area contributed by atoms with E-state index < -0.39 is 0 Å². The minimum Gasteiger partial charge on any atom is -0.447 e. The summed E-state index contributed by atoms with van der Waals surface area (Å²) < 4.78 is 11.2. The van der Waals surface area contributed by atoms with Crippen LogP contribution in [0.1, 0.15) is 30.0 Å². The summed E-state index contributed by atoms with van der Waals surface area (Å²) in [4.78, 5) is 21.3. The Balaban J connectivity index is 1.16. The predicted molar refractivity (Wildman–Crippen MR) is 131 cm³/mol. The third-order valence-corrected chi connectivity index (χ3v) is 6.64. The zero-order chi connectivity index (χ0) is 23.5. The molecule has 34 heavy (non-hydrogen) atoms. The maximum atomic E-state index is 12.5. The zero-order valence-electron chi connectivity index (χ0n) is 18.8. The van der Waals surface area contributed by atoms with Crippen LogP contribution in [0.15, 0.2) is 66.9 Å². The molecule has 1 atom stereocenters. The van der Waals surface area contributed by atoms with Crippen LogP contribution in [-0.2, 0) is 11.3 Å². The van der Waals surface area contributed by atoms with E-state index in [1.165, 1.54) is 0 Å². The third-order valence-electron chi connectivity index (χ3n) is 6.40. The first-order chi connectivity index (χ1) is 16.5. The summed E-state index contributed by atoms with van der Waals surface area (Å²) in [6, 6.07) is 18.9. The minimum atomic E-state index is -0.232. The molecule has 5 rings (SSSR count). The Kier molecular flexibility index (Phi) is 6.56. The summed E-state index contributed by atoms with van der Waals surface area (Å²) in [7, 11) is 0. The molecule has 3 aromatic rings. The number of halogens is 1. The summed E-state index contributed by atoms with van der Waals surface area (Å²) in [5, 5.41) is 0.671. The van der Waals surface area contributed by atoms with E-state index in [0.29, 0.717) is 28.9 Å². The van der Waals surface area contributed by atoms with Gasteiger partial charge in [0.2, 0.25) is 5.88 Å². The normalized spacial score (nSPS) is 19.3. The number of benzene rings is 2. The van der Waals surface area contributed by atoms with Gasteiger partial charge in [0.25, 0.3) is 0 Å². The van der Waals surface area contributed by atoms with Crippen LogP contribution in [-0.4, -0.2) is 46.6 Å². The Labute approximate surface area is 204 Å². The number of ether oxygens (including phenoxy) is 2. The van der Waals surface area contributed by atoms with Crippen molar-refractivity contribution in [2.45, 2.75) is 31.5 Å². The number of likely N-dealkylation sites (tertiary alicyclic amines) is 1. The number of hydrogen-bond acceptors (Lipinski definition) is 6. The van der Waals surface area contributed by atoms with Crippen LogP contribution in [0.4, 0.5) is 10.5 Å². The van der Waals surface area contributed by atoms with Gasteiger partial charge in [-0.25, -0.2) is 9.78 Å². The number of carbonyl (C=O) groups excluding carboxylic acids is 1. The molecule has 0 radical (unpaired) electrons. The van der Waals surface area contributed by atoms with Crippen LogP contribution in [0, 0.1) is 0 Å². The van der Waals surface area contributed by atoms with Gasteiger partial charge in [0.15, 0.2) is 0 Å². The number of hydrogen-bond donors (Lipinski definition) is 1. The largest absolute Gasteiger partial charge is 0.447 e. The van der Waals surface area contributed by atoms with Crippen LogP contribution in [0.2, 0.25) is 5.02 Å². The fourth-order valence-corrected chi connectivity index (χ4v) is 4.84. The average molecular weight is 479 g/mol. The lowest BCUT2D eigenvalue weighted by Gasteiger charge is -2.38. The molecule has 1 amide bonds. The van der Waals surface area contributed by atoms with Crippen molar-refractivity contribution < 1.29 is 14.3 Å². The molecule has 0 aliphatic carbocycles. The number of cyclic esters (lactones) is 1. The molecule has 0 saturated carbocycles. The highest BCUT2D eigenvalue weighted by molar-refractivity contribution is 6.30. The van der Waals surface area contributed by atoms with E-state index in [0.717, 1.165) is 43.6 Å². The van der Waals surface area contributed by atoms with Crippen LogP contribution in [0.5, 0.6) is 11.6 Å². The molecule has 0 bridgehead atoms. The van der Waals surface area contributed by atoms with Crippen molar-refractivity contribution in [3.05, 3.63) is 83.0 Å². The molecule has 0 unspecified atom stereocenters. The summed E-state index contributed by atoms with van der Waals surface area (Å²) in [5.41, 5.74) is 8.55. The van der Waals surface area contributed by atoms with Crippen molar-refractivity contribution in [3.8, 4) is 11.6 Å². The van der Waals surface area contributed by atoms with E-state index >= 15 is 0 Å². The molecule has 2 aliphatic heterocycles. The van der Waals surface area contributed by atoms with Gasteiger partial charge in [-0.15, -0.1) is 0 Å². The van der Waals surface area contributed by atoms with E-state index in [9.17, 15) is 4.79 Å². The molecule has 7 nitrogen and oxygen atoms in total. The van der Waals surface area contributed by atoms with E-state index in [4.69, 9.17) is 26.8 Å². The molecule has 1 aromatic heterocycles. The van der Waals surface area contributed by atoms with Crippen molar-refractivity contribution in [1.82, 2.24) is 14.8 Å². The highest BCUT2D eigenvalue weighted by atomic mass is 35.5. The van der Waals surface area contributed by atoms with Crippen molar-refractivity contribution in [2.24, 2.45) is 0 Å². The molecule has 8 heteroatoms. The number of aromatic nitrogens is 1. The summed E-state index contributed by atoms with van der Waals surface area (Å²) in [6.45, 7) is 2.99. The molecular weight excluding hydrogens is 452 g/mol. The van der Waals surface area contributed by atoms with Crippen LogP contribution < -0.4 is 10.5 Å². The first-order valence-corrected chi connectivity index (χ1v) is 11.8. The van der Waals surface area contributed by atoms with Crippen molar-refractivity contribution in [1.29, 1.82) is 0 Å². The number of nitrogen functional groups attached to an aromatic ring is 1. The molecule has 2 aromatic carbocycles. The molecule has 2 aliphatic rings.